The van der Waals surface area contributed by atoms with Crippen molar-refractivity contribution in [3.63, 3.8) is 0 Å². The van der Waals surface area contributed by atoms with Crippen molar-refractivity contribution in [1.82, 2.24) is 5.32 Å². The Balaban J connectivity index is 0.00000254. The van der Waals surface area contributed by atoms with E-state index in [0.717, 1.165) is 43.6 Å². The van der Waals surface area contributed by atoms with Crippen LogP contribution < -0.4 is 5.32 Å². The van der Waals surface area contributed by atoms with Crippen LogP contribution >= 0.6 is 34.8 Å². The van der Waals surface area contributed by atoms with Gasteiger partial charge in [0.2, 0.25) is 0 Å². The Morgan fingerprint density at radius 1 is 1.29 bits per heavy atom. The standard InChI is InChI=1S/C17H29Cl3N2.C2H4/c1-4-15(19)11(2)5-7-14(9-12(3)21)22-17-8-6-13(18)10-16(17)20;1-2/h4,11,13-14,16-17,21-22H,5-10H2,1-3H3;1-2H2/b15-4+,21-12?;. The molecular formula is C19H33Cl3N2. The van der Waals surface area contributed by atoms with Crippen LogP contribution in [0.5, 0.6) is 0 Å². The summed E-state index contributed by atoms with van der Waals surface area (Å²) in [5.41, 5.74) is 0.708. The van der Waals surface area contributed by atoms with E-state index in [0.29, 0.717) is 23.7 Å². The first-order valence-electron chi connectivity index (χ1n) is 8.73. The van der Waals surface area contributed by atoms with Crippen molar-refractivity contribution in [3.05, 3.63) is 24.3 Å². The lowest BCUT2D eigenvalue weighted by molar-refractivity contribution is 0.329. The second-order valence-electron chi connectivity index (χ2n) is 6.53. The monoisotopic (exact) mass is 394 g/mol. The minimum absolute atomic E-state index is 0.0846. The Morgan fingerprint density at radius 3 is 2.42 bits per heavy atom. The highest BCUT2D eigenvalue weighted by Gasteiger charge is 2.29. The molecule has 0 aromatic rings. The van der Waals surface area contributed by atoms with Crippen LogP contribution in [0.25, 0.3) is 0 Å². The van der Waals surface area contributed by atoms with E-state index in [1.807, 2.05) is 19.9 Å². The van der Waals surface area contributed by atoms with Crippen LogP contribution in [0.1, 0.15) is 59.3 Å². The van der Waals surface area contributed by atoms with E-state index in [9.17, 15) is 0 Å². The molecule has 1 aliphatic rings. The molecule has 0 heterocycles. The number of rotatable bonds is 8. The van der Waals surface area contributed by atoms with Crippen LogP contribution in [0.3, 0.4) is 0 Å². The zero-order valence-corrected chi connectivity index (χ0v) is 17.5. The molecule has 0 saturated heterocycles. The predicted octanol–water partition coefficient (Wildman–Crippen LogP) is 6.50. The Morgan fingerprint density at radius 2 is 1.92 bits per heavy atom. The van der Waals surface area contributed by atoms with E-state index in [2.05, 4.69) is 25.4 Å². The Hall–Kier alpha value is -0.0200. The summed E-state index contributed by atoms with van der Waals surface area (Å²) in [7, 11) is 0. The minimum Gasteiger partial charge on any atom is -0.310 e. The first kappa shape index (κ1) is 24.0. The fourth-order valence-electron chi connectivity index (χ4n) is 3.05. The molecule has 1 aliphatic carbocycles. The summed E-state index contributed by atoms with van der Waals surface area (Å²) < 4.78 is 0. The van der Waals surface area contributed by atoms with Gasteiger partial charge in [-0.05, 0) is 51.9 Å². The van der Waals surface area contributed by atoms with Crippen molar-refractivity contribution >= 4 is 40.5 Å². The summed E-state index contributed by atoms with van der Waals surface area (Å²) in [6.07, 6.45) is 7.65. The fourth-order valence-corrected chi connectivity index (χ4v) is 3.98. The molecule has 0 aromatic carbocycles. The van der Waals surface area contributed by atoms with E-state index in [4.69, 9.17) is 40.2 Å². The maximum atomic E-state index is 7.80. The van der Waals surface area contributed by atoms with Gasteiger partial charge in [0.05, 0.1) is 5.38 Å². The molecular weight excluding hydrogens is 363 g/mol. The van der Waals surface area contributed by atoms with Crippen LogP contribution in [0.15, 0.2) is 24.3 Å². The average molecular weight is 396 g/mol. The largest absolute Gasteiger partial charge is 0.310 e. The summed E-state index contributed by atoms with van der Waals surface area (Å²) >= 11 is 18.8. The molecule has 0 bridgehead atoms. The molecule has 1 fully saturated rings. The molecule has 1 rings (SSSR count). The van der Waals surface area contributed by atoms with Gasteiger partial charge in [-0.25, -0.2) is 0 Å². The number of nitrogens with one attached hydrogen (secondary N) is 2. The molecule has 0 amide bonds. The summed E-state index contributed by atoms with van der Waals surface area (Å²) in [5.74, 6) is 0.368. The smallest absolute Gasteiger partial charge is 0.0503 e. The molecule has 5 unspecified atom stereocenters. The van der Waals surface area contributed by atoms with Crippen molar-refractivity contribution in [3.8, 4) is 0 Å². The molecule has 5 atom stereocenters. The van der Waals surface area contributed by atoms with Crippen LogP contribution in [-0.2, 0) is 0 Å². The van der Waals surface area contributed by atoms with Gasteiger partial charge in [-0.15, -0.1) is 36.4 Å². The topological polar surface area (TPSA) is 35.9 Å². The van der Waals surface area contributed by atoms with Crippen LogP contribution in [-0.4, -0.2) is 28.5 Å². The third kappa shape index (κ3) is 9.46. The third-order valence-electron chi connectivity index (χ3n) is 4.41. The van der Waals surface area contributed by atoms with E-state index >= 15 is 0 Å². The van der Waals surface area contributed by atoms with Gasteiger partial charge in [-0.1, -0.05) is 24.6 Å². The number of allylic oxidation sites excluding steroid dienone is 2. The van der Waals surface area contributed by atoms with Gasteiger partial charge in [0.15, 0.2) is 0 Å². The van der Waals surface area contributed by atoms with Crippen molar-refractivity contribution in [1.29, 1.82) is 5.41 Å². The van der Waals surface area contributed by atoms with Crippen molar-refractivity contribution < 1.29 is 0 Å². The summed E-state index contributed by atoms with van der Waals surface area (Å²) in [4.78, 5) is 0. The number of alkyl halides is 2. The van der Waals surface area contributed by atoms with Crippen molar-refractivity contribution in [2.75, 3.05) is 0 Å². The number of hydrogen-bond donors (Lipinski definition) is 2. The molecule has 140 valence electrons. The maximum Gasteiger partial charge on any atom is 0.0503 e. The van der Waals surface area contributed by atoms with Crippen LogP contribution in [0.4, 0.5) is 0 Å². The van der Waals surface area contributed by atoms with Gasteiger partial charge in [0.25, 0.3) is 0 Å². The molecule has 5 heteroatoms. The first-order valence-corrected chi connectivity index (χ1v) is 9.98. The predicted molar refractivity (Wildman–Crippen MR) is 111 cm³/mol. The lowest BCUT2D eigenvalue weighted by Crippen LogP contribution is -2.47. The molecule has 0 spiro atoms. The minimum atomic E-state index is 0.0846. The van der Waals surface area contributed by atoms with Gasteiger partial charge in [-0.2, -0.15) is 0 Å². The lowest BCUT2D eigenvalue weighted by atomic mass is 9.91. The maximum absolute atomic E-state index is 7.80. The van der Waals surface area contributed by atoms with E-state index in [1.165, 1.54) is 0 Å². The zero-order chi connectivity index (χ0) is 18.7. The molecule has 2 nitrogen and oxygen atoms in total. The van der Waals surface area contributed by atoms with Gasteiger partial charge in [-0.3, -0.25) is 0 Å². The normalized spacial score (nSPS) is 26.9. The highest BCUT2D eigenvalue weighted by atomic mass is 35.5. The SMILES string of the molecule is C/C=C(/Cl)C(C)CCC(CC(C)=N)NC1CCC(Cl)CC1Cl.C=C. The molecule has 0 aliphatic heterocycles. The quantitative estimate of drug-likeness (QED) is 0.274. The third-order valence-corrected chi connectivity index (χ3v) is 5.87. The van der Waals surface area contributed by atoms with E-state index in [1.54, 1.807) is 0 Å². The van der Waals surface area contributed by atoms with Gasteiger partial charge < -0.3 is 10.7 Å². The second-order valence-corrected chi connectivity index (χ2v) is 8.15. The van der Waals surface area contributed by atoms with Crippen LogP contribution in [0, 0.1) is 11.3 Å². The average Bonchev–Trinajstić information content (AvgIpc) is 2.55. The summed E-state index contributed by atoms with van der Waals surface area (Å²) in [6.45, 7) is 12.0. The molecule has 0 aromatic heterocycles. The Bertz CT molecular complexity index is 398. The highest BCUT2D eigenvalue weighted by Crippen LogP contribution is 2.28. The molecule has 1 saturated carbocycles. The van der Waals surface area contributed by atoms with Crippen molar-refractivity contribution in [2.24, 2.45) is 5.92 Å². The zero-order valence-electron chi connectivity index (χ0n) is 15.3. The number of hydrogen-bond acceptors (Lipinski definition) is 2. The molecule has 24 heavy (non-hydrogen) atoms. The highest BCUT2D eigenvalue weighted by molar-refractivity contribution is 6.29. The number of halogens is 3. The lowest BCUT2D eigenvalue weighted by Gasteiger charge is -2.34. The molecule has 2 N–H and O–H groups in total. The Kier molecular flexibility index (Phi) is 13.2. The second kappa shape index (κ2) is 13.2. The van der Waals surface area contributed by atoms with Crippen molar-refractivity contribution in [2.45, 2.75) is 82.1 Å². The van der Waals surface area contributed by atoms with Gasteiger partial charge in [0.1, 0.15) is 0 Å². The van der Waals surface area contributed by atoms with Crippen LogP contribution in [0.2, 0.25) is 0 Å². The first-order chi connectivity index (χ1) is 11.3. The summed E-state index contributed by atoms with van der Waals surface area (Å²) in [6, 6.07) is 0.591. The molecule has 0 radical (unpaired) electrons. The fraction of sp³-hybridized carbons (Fsp3) is 0.737. The van der Waals surface area contributed by atoms with E-state index < -0.39 is 0 Å². The Labute approximate surface area is 163 Å². The summed E-state index contributed by atoms with van der Waals surface area (Å²) in [5, 5.41) is 12.7. The van der Waals surface area contributed by atoms with Gasteiger partial charge in [0, 0.05) is 34.6 Å². The van der Waals surface area contributed by atoms with E-state index in [-0.39, 0.29) is 10.8 Å². The van der Waals surface area contributed by atoms with Gasteiger partial charge >= 0.3 is 0 Å².